The van der Waals surface area contributed by atoms with Crippen LogP contribution in [0.25, 0.3) is 0 Å². The molecule has 0 atom stereocenters. The van der Waals surface area contributed by atoms with Gasteiger partial charge in [-0.05, 0) is 35.8 Å². The summed E-state index contributed by atoms with van der Waals surface area (Å²) in [6.45, 7) is 3.71. The van der Waals surface area contributed by atoms with Crippen molar-refractivity contribution >= 4 is 11.7 Å². The van der Waals surface area contributed by atoms with Crippen LogP contribution in [0.4, 0.5) is 5.82 Å². The average molecular weight is 328 g/mol. The first-order valence-electron chi connectivity index (χ1n) is 8.08. The van der Waals surface area contributed by atoms with Gasteiger partial charge in [0.2, 0.25) is 5.91 Å². The Bertz CT molecular complexity index is 769. The Morgan fingerprint density at radius 1 is 1.33 bits per heavy atom. The Kier molecular flexibility index (Phi) is 4.59. The number of carbonyl (C=O) groups excluding carboxylic acids is 1. The van der Waals surface area contributed by atoms with Crippen molar-refractivity contribution in [3.63, 3.8) is 0 Å². The summed E-state index contributed by atoms with van der Waals surface area (Å²) in [5.74, 6) is -0.0183. The van der Waals surface area contributed by atoms with Gasteiger partial charge in [-0.1, -0.05) is 24.3 Å². The molecule has 7 nitrogen and oxygen atoms in total. The number of hydrogen-bond donors (Lipinski definition) is 0. The topological polar surface area (TPSA) is 81.3 Å². The van der Waals surface area contributed by atoms with Gasteiger partial charge in [0, 0.05) is 19.5 Å². The van der Waals surface area contributed by atoms with Crippen molar-refractivity contribution in [1.29, 1.82) is 0 Å². The first-order chi connectivity index (χ1) is 11.5. The fourth-order valence-corrected chi connectivity index (χ4v) is 3.06. The second-order valence-corrected chi connectivity index (χ2v) is 6.06. The van der Waals surface area contributed by atoms with Gasteiger partial charge in [-0.3, -0.25) is 4.79 Å². The molecule has 1 aromatic heterocycles. The van der Waals surface area contributed by atoms with Crippen molar-refractivity contribution in [3.8, 4) is 0 Å². The van der Waals surface area contributed by atoms with Gasteiger partial charge in [-0.15, -0.1) is 0 Å². The number of aromatic nitrogens is 2. The molecule has 0 radical (unpaired) electrons. The molecule has 126 valence electrons. The second-order valence-electron chi connectivity index (χ2n) is 6.06. The van der Waals surface area contributed by atoms with Crippen LogP contribution in [-0.2, 0) is 24.3 Å². The first kappa shape index (κ1) is 16.2. The first-order valence-corrected chi connectivity index (χ1v) is 8.08. The predicted octanol–water partition coefficient (Wildman–Crippen LogP) is 2.46. The number of amides is 1. The molecule has 0 N–H and O–H groups in total. The van der Waals surface area contributed by atoms with Crippen molar-refractivity contribution < 1.29 is 9.72 Å². The minimum atomic E-state index is -0.500. The molecule has 1 aliphatic heterocycles. The van der Waals surface area contributed by atoms with Gasteiger partial charge >= 0.3 is 5.82 Å². The van der Waals surface area contributed by atoms with Crippen LogP contribution in [0.15, 0.2) is 30.3 Å². The van der Waals surface area contributed by atoms with Gasteiger partial charge in [-0.25, -0.2) is 0 Å². The Balaban J connectivity index is 1.52. The van der Waals surface area contributed by atoms with E-state index < -0.39 is 4.92 Å². The van der Waals surface area contributed by atoms with Gasteiger partial charge in [0.05, 0.1) is 23.4 Å². The van der Waals surface area contributed by atoms with Crippen molar-refractivity contribution in [2.45, 2.75) is 39.3 Å². The third kappa shape index (κ3) is 3.45. The maximum Gasteiger partial charge on any atom is 0.390 e. The van der Waals surface area contributed by atoms with Crippen LogP contribution in [0.3, 0.4) is 0 Å². The summed E-state index contributed by atoms with van der Waals surface area (Å²) >= 11 is 0. The highest BCUT2D eigenvalue weighted by Crippen LogP contribution is 2.19. The molecular weight excluding hydrogens is 308 g/mol. The molecule has 3 rings (SSSR count). The lowest BCUT2D eigenvalue weighted by molar-refractivity contribution is -0.389. The van der Waals surface area contributed by atoms with Crippen molar-refractivity contribution in [1.82, 2.24) is 14.7 Å². The fourth-order valence-electron chi connectivity index (χ4n) is 3.06. The minimum Gasteiger partial charge on any atom is -0.358 e. The van der Waals surface area contributed by atoms with E-state index in [-0.39, 0.29) is 11.7 Å². The second kappa shape index (κ2) is 6.82. The molecule has 0 saturated heterocycles. The summed E-state index contributed by atoms with van der Waals surface area (Å²) in [4.78, 5) is 24.5. The van der Waals surface area contributed by atoms with E-state index in [1.807, 2.05) is 17.0 Å². The summed E-state index contributed by atoms with van der Waals surface area (Å²) in [5.41, 5.74) is 3.28. The maximum atomic E-state index is 12.4. The van der Waals surface area contributed by atoms with Gasteiger partial charge in [0.15, 0.2) is 0 Å². The molecule has 24 heavy (non-hydrogen) atoms. The van der Waals surface area contributed by atoms with Crippen molar-refractivity contribution in [2.24, 2.45) is 0 Å². The third-order valence-electron chi connectivity index (χ3n) is 4.40. The minimum absolute atomic E-state index is 0.129. The zero-order valence-corrected chi connectivity index (χ0v) is 13.6. The van der Waals surface area contributed by atoms with E-state index in [0.717, 1.165) is 18.7 Å². The lowest BCUT2D eigenvalue weighted by Gasteiger charge is -2.29. The normalized spacial score (nSPS) is 13.6. The summed E-state index contributed by atoms with van der Waals surface area (Å²) in [6.07, 6.45) is 1.94. The van der Waals surface area contributed by atoms with Gasteiger partial charge < -0.3 is 15.0 Å². The van der Waals surface area contributed by atoms with E-state index in [1.54, 1.807) is 11.6 Å². The number of carbonyl (C=O) groups is 1. The van der Waals surface area contributed by atoms with Crippen LogP contribution in [0, 0.1) is 17.0 Å². The van der Waals surface area contributed by atoms with Crippen LogP contribution in [0.2, 0.25) is 0 Å². The number of fused-ring (bicyclic) bond motifs is 1. The molecule has 7 heteroatoms. The zero-order chi connectivity index (χ0) is 17.1. The van der Waals surface area contributed by atoms with E-state index >= 15 is 0 Å². The van der Waals surface area contributed by atoms with Gasteiger partial charge in [0.1, 0.15) is 0 Å². The number of aryl methyl sites for hydroxylation is 2. The molecule has 2 aromatic rings. The van der Waals surface area contributed by atoms with Crippen LogP contribution in [0.5, 0.6) is 0 Å². The highest BCUT2D eigenvalue weighted by Gasteiger charge is 2.20. The highest BCUT2D eigenvalue weighted by molar-refractivity contribution is 5.76. The van der Waals surface area contributed by atoms with Crippen LogP contribution >= 0.6 is 0 Å². The van der Waals surface area contributed by atoms with E-state index in [0.29, 0.717) is 25.9 Å². The van der Waals surface area contributed by atoms with Crippen LogP contribution in [-0.4, -0.2) is 32.1 Å². The Hall–Kier alpha value is -2.70. The molecule has 0 aliphatic carbocycles. The molecule has 0 unspecified atom stereocenters. The average Bonchev–Trinajstić information content (AvgIpc) is 2.95. The molecular formula is C17H20N4O3. The fraction of sp³-hybridized carbons (Fsp3) is 0.412. The summed E-state index contributed by atoms with van der Waals surface area (Å²) < 4.78 is 1.59. The number of nitro groups is 1. The smallest absolute Gasteiger partial charge is 0.358 e. The molecule has 0 fully saturated rings. The van der Waals surface area contributed by atoms with Crippen LogP contribution in [0.1, 0.15) is 29.7 Å². The van der Waals surface area contributed by atoms with E-state index in [2.05, 4.69) is 17.2 Å². The summed E-state index contributed by atoms with van der Waals surface area (Å²) in [5, 5.41) is 14.7. The van der Waals surface area contributed by atoms with E-state index in [4.69, 9.17) is 0 Å². The molecule has 0 spiro atoms. The largest absolute Gasteiger partial charge is 0.390 e. The molecule has 1 aliphatic rings. The Morgan fingerprint density at radius 2 is 2.08 bits per heavy atom. The maximum absolute atomic E-state index is 12.4. The number of rotatable bonds is 5. The molecule has 0 bridgehead atoms. The lowest BCUT2D eigenvalue weighted by atomic mass is 9.99. The standard InChI is InChI=1S/C17H20N4O3/c1-13-11-16(21(23)24)18-20(13)9-4-7-17(22)19-10-8-14-5-2-3-6-15(14)12-19/h2-3,5-6,11H,4,7-10,12H2,1H3. The Labute approximate surface area is 140 Å². The molecule has 0 saturated carbocycles. The van der Waals surface area contributed by atoms with Gasteiger partial charge in [0.25, 0.3) is 0 Å². The molecule has 1 amide bonds. The van der Waals surface area contributed by atoms with Crippen LogP contribution < -0.4 is 0 Å². The molecule has 1 aromatic carbocycles. The number of benzene rings is 1. The Morgan fingerprint density at radius 3 is 2.79 bits per heavy atom. The van der Waals surface area contributed by atoms with E-state index in [9.17, 15) is 14.9 Å². The monoisotopic (exact) mass is 328 g/mol. The number of nitrogens with zero attached hydrogens (tertiary/aromatic N) is 4. The quantitative estimate of drug-likeness (QED) is 0.623. The SMILES string of the molecule is Cc1cc([N+](=O)[O-])nn1CCCC(=O)N1CCc2ccccc2C1. The highest BCUT2D eigenvalue weighted by atomic mass is 16.6. The zero-order valence-electron chi connectivity index (χ0n) is 13.6. The summed E-state index contributed by atoms with van der Waals surface area (Å²) in [7, 11) is 0. The van der Waals surface area contributed by atoms with Crippen molar-refractivity contribution in [3.05, 3.63) is 57.3 Å². The third-order valence-corrected chi connectivity index (χ3v) is 4.40. The summed E-state index contributed by atoms with van der Waals surface area (Å²) in [6, 6.07) is 9.66. The predicted molar refractivity (Wildman–Crippen MR) is 88.4 cm³/mol. The number of hydrogen-bond acceptors (Lipinski definition) is 4. The lowest BCUT2D eigenvalue weighted by Crippen LogP contribution is -2.35. The van der Waals surface area contributed by atoms with Gasteiger partial charge in [-0.2, -0.15) is 4.68 Å². The van der Waals surface area contributed by atoms with E-state index in [1.165, 1.54) is 17.2 Å². The van der Waals surface area contributed by atoms with Crippen molar-refractivity contribution in [2.75, 3.05) is 6.54 Å². The molecule has 2 heterocycles.